The van der Waals surface area contributed by atoms with Crippen molar-refractivity contribution in [2.45, 2.75) is 26.2 Å². The lowest BCUT2D eigenvalue weighted by Crippen LogP contribution is -3.02. The van der Waals surface area contributed by atoms with Crippen molar-refractivity contribution in [1.82, 2.24) is 5.32 Å². The van der Waals surface area contributed by atoms with Gasteiger partial charge in [0.05, 0.1) is 21.1 Å². The highest BCUT2D eigenvalue weighted by Crippen LogP contribution is 1.94. The molecule has 0 radical (unpaired) electrons. The van der Waals surface area contributed by atoms with Crippen molar-refractivity contribution in [3.63, 3.8) is 0 Å². The van der Waals surface area contributed by atoms with Gasteiger partial charge in [-0.1, -0.05) is 25.8 Å². The van der Waals surface area contributed by atoms with E-state index in [9.17, 15) is 17.8 Å². The van der Waals surface area contributed by atoms with Crippen molar-refractivity contribution in [3.8, 4) is 0 Å². The zero-order chi connectivity index (χ0) is 15.3. The number of nitrogens with one attached hydrogen (secondary N) is 2. The predicted molar refractivity (Wildman–Crippen MR) is 71.2 cm³/mol. The molecule has 0 rings (SSSR count). The molecule has 0 aliphatic rings. The lowest BCUT2D eigenvalue weighted by molar-refractivity contribution is -0.836. The molecule has 0 saturated carbocycles. The number of allylic oxidation sites excluding steroid dienone is 1. The summed E-state index contributed by atoms with van der Waals surface area (Å²) < 4.78 is 33.7. The van der Waals surface area contributed by atoms with Crippen molar-refractivity contribution in [1.29, 1.82) is 0 Å². The van der Waals surface area contributed by atoms with Crippen LogP contribution in [0.25, 0.3) is 0 Å². The van der Waals surface area contributed by atoms with Gasteiger partial charge in [0, 0.05) is 0 Å². The third-order valence-electron chi connectivity index (χ3n) is 1.44. The quantitative estimate of drug-likeness (QED) is 0.207. The molecular formula is C11H24N2O5S. The van der Waals surface area contributed by atoms with Crippen LogP contribution >= 0.6 is 0 Å². The lowest BCUT2D eigenvalue weighted by atomic mass is 10.2. The van der Waals surface area contributed by atoms with E-state index in [1.165, 1.54) is 11.0 Å². The maximum absolute atomic E-state index is 10.9. The van der Waals surface area contributed by atoms with E-state index in [0.29, 0.717) is 0 Å². The first-order valence-corrected chi connectivity index (χ1v) is 7.33. The van der Waals surface area contributed by atoms with E-state index in [4.69, 9.17) is 0 Å². The Morgan fingerprint density at radius 2 is 1.89 bits per heavy atom. The number of hydrogen-bond acceptors (Lipinski definition) is 5. The maximum atomic E-state index is 10.9. The lowest BCUT2D eigenvalue weighted by Gasteiger charge is -2.06. The molecule has 0 aromatic rings. The van der Waals surface area contributed by atoms with Gasteiger partial charge in [-0.2, -0.15) is 0 Å². The Morgan fingerprint density at radius 1 is 1.37 bits per heavy atom. The predicted octanol–water partition coefficient (Wildman–Crippen LogP) is -0.956. The highest BCUT2D eigenvalue weighted by Gasteiger charge is 1.96. The molecule has 114 valence electrons. The van der Waals surface area contributed by atoms with E-state index < -0.39 is 23.0 Å². The Bertz CT molecular complexity index is 349. The minimum Gasteiger partial charge on any atom is -0.725 e. The number of carbonyl (C=O) groups excluding carboxylic acids is 1. The SMILES string of the molecule is CCCCC=CC(=O)NCOS(=O)(=O)[O-].C[NH+](C)C. The molecule has 0 atom stereocenters. The molecule has 0 fully saturated rings. The summed E-state index contributed by atoms with van der Waals surface area (Å²) in [7, 11) is 1.51. The summed E-state index contributed by atoms with van der Waals surface area (Å²) in [5.41, 5.74) is 0. The fourth-order valence-electron chi connectivity index (χ4n) is 0.744. The van der Waals surface area contributed by atoms with Crippen molar-refractivity contribution in [2.75, 3.05) is 27.9 Å². The van der Waals surface area contributed by atoms with Gasteiger partial charge in [-0.05, 0) is 12.5 Å². The number of hydrogen-bond donors (Lipinski definition) is 2. The smallest absolute Gasteiger partial charge is 0.245 e. The largest absolute Gasteiger partial charge is 0.725 e. The number of unbranched alkanes of at least 4 members (excludes halogenated alkanes) is 2. The molecule has 0 aliphatic carbocycles. The molecule has 0 heterocycles. The first-order chi connectivity index (χ1) is 8.69. The fraction of sp³-hybridized carbons (Fsp3) is 0.727. The molecule has 0 spiro atoms. The number of rotatable bonds is 7. The maximum Gasteiger partial charge on any atom is 0.245 e. The van der Waals surface area contributed by atoms with E-state index in [1.54, 1.807) is 6.08 Å². The molecular weight excluding hydrogens is 272 g/mol. The van der Waals surface area contributed by atoms with Crippen LogP contribution in [-0.2, 0) is 19.4 Å². The van der Waals surface area contributed by atoms with Gasteiger partial charge in [0.2, 0.25) is 16.3 Å². The van der Waals surface area contributed by atoms with Crippen LogP contribution in [0.4, 0.5) is 0 Å². The highest BCUT2D eigenvalue weighted by molar-refractivity contribution is 7.80. The topological polar surface area (TPSA) is 100.0 Å². The van der Waals surface area contributed by atoms with E-state index in [-0.39, 0.29) is 0 Å². The van der Waals surface area contributed by atoms with Crippen LogP contribution < -0.4 is 10.2 Å². The molecule has 2 N–H and O–H groups in total. The van der Waals surface area contributed by atoms with Crippen LogP contribution in [0.15, 0.2) is 12.2 Å². The van der Waals surface area contributed by atoms with Gasteiger partial charge >= 0.3 is 0 Å². The standard InChI is InChI=1S/C8H15NO5S.C3H9N/c1-2-3-4-5-6-8(10)9-7-14-15(11,12)13;1-4(2)3/h5-6H,2-4,7H2,1H3,(H,9,10)(H,11,12,13);1-3H3. The second kappa shape index (κ2) is 12.1. The van der Waals surface area contributed by atoms with Crippen LogP contribution in [0.5, 0.6) is 0 Å². The van der Waals surface area contributed by atoms with E-state index >= 15 is 0 Å². The molecule has 0 aromatic carbocycles. The van der Waals surface area contributed by atoms with Crippen LogP contribution in [-0.4, -0.2) is 46.8 Å². The summed E-state index contributed by atoms with van der Waals surface area (Å²) in [6.45, 7) is 1.39. The average molecular weight is 296 g/mol. The second-order valence-corrected chi connectivity index (χ2v) is 5.31. The van der Waals surface area contributed by atoms with Crippen LogP contribution in [0.3, 0.4) is 0 Å². The second-order valence-electron chi connectivity index (χ2n) is 4.26. The van der Waals surface area contributed by atoms with Gasteiger partial charge in [0.25, 0.3) is 0 Å². The highest BCUT2D eigenvalue weighted by atomic mass is 32.3. The third-order valence-corrected chi connectivity index (χ3v) is 1.85. The minimum atomic E-state index is -4.74. The summed E-state index contributed by atoms with van der Waals surface area (Å²) in [6.07, 6.45) is 5.74. The van der Waals surface area contributed by atoms with Gasteiger partial charge < -0.3 is 14.8 Å². The molecule has 7 nitrogen and oxygen atoms in total. The molecule has 0 unspecified atom stereocenters. The number of amides is 1. The Morgan fingerprint density at radius 3 is 2.32 bits per heavy atom. The van der Waals surface area contributed by atoms with Crippen molar-refractivity contribution >= 4 is 16.3 Å². The summed E-state index contributed by atoms with van der Waals surface area (Å²) in [6, 6.07) is 0. The minimum absolute atomic E-state index is 0.491. The Balaban J connectivity index is 0. The van der Waals surface area contributed by atoms with Gasteiger partial charge in [0.1, 0.15) is 6.73 Å². The summed E-state index contributed by atoms with van der Waals surface area (Å²) in [5.74, 6) is -0.491. The average Bonchev–Trinajstić information content (AvgIpc) is 2.22. The Hall–Kier alpha value is -0.960. The molecule has 1 amide bonds. The van der Waals surface area contributed by atoms with E-state index in [0.717, 1.165) is 19.3 Å². The molecule has 8 heteroatoms. The molecule has 0 bridgehead atoms. The van der Waals surface area contributed by atoms with Gasteiger partial charge in [-0.3, -0.25) is 8.98 Å². The zero-order valence-corrected chi connectivity index (χ0v) is 12.7. The Labute approximate surface area is 115 Å². The van der Waals surface area contributed by atoms with Gasteiger partial charge in [0.15, 0.2) is 0 Å². The molecule has 0 aromatic heterocycles. The third kappa shape index (κ3) is 26.6. The van der Waals surface area contributed by atoms with Crippen LogP contribution in [0.2, 0.25) is 0 Å². The molecule has 0 saturated heterocycles. The first kappa shape index (κ1) is 20.4. The van der Waals surface area contributed by atoms with Crippen molar-refractivity contribution in [2.24, 2.45) is 0 Å². The van der Waals surface area contributed by atoms with Crippen LogP contribution in [0.1, 0.15) is 26.2 Å². The normalized spacial score (nSPS) is 11.3. The summed E-state index contributed by atoms with van der Waals surface area (Å²) in [4.78, 5) is 12.3. The van der Waals surface area contributed by atoms with Gasteiger partial charge in [-0.25, -0.2) is 8.42 Å². The van der Waals surface area contributed by atoms with Crippen molar-refractivity contribution in [3.05, 3.63) is 12.2 Å². The zero-order valence-electron chi connectivity index (χ0n) is 11.9. The van der Waals surface area contributed by atoms with Gasteiger partial charge in [-0.15, -0.1) is 0 Å². The molecule has 0 aliphatic heterocycles. The fourth-order valence-corrected chi connectivity index (χ4v) is 0.947. The summed E-state index contributed by atoms with van der Waals surface area (Å²) in [5, 5.41) is 2.09. The van der Waals surface area contributed by atoms with Crippen LogP contribution in [0, 0.1) is 0 Å². The van der Waals surface area contributed by atoms with Crippen molar-refractivity contribution < 1.29 is 26.8 Å². The molecule has 19 heavy (non-hydrogen) atoms. The first-order valence-electron chi connectivity index (χ1n) is 6.00. The summed E-state index contributed by atoms with van der Waals surface area (Å²) >= 11 is 0. The van der Waals surface area contributed by atoms with E-state index in [2.05, 4.69) is 30.6 Å². The monoisotopic (exact) mass is 296 g/mol. The number of quaternary nitrogens is 1. The van der Waals surface area contributed by atoms with E-state index in [1.807, 2.05) is 6.92 Å². The Kier molecular flexibility index (Phi) is 13.0. The number of carbonyl (C=O) groups is 1.